The number of aryl methyl sites for hydroxylation is 2. The molecule has 2 aromatic rings. The zero-order chi connectivity index (χ0) is 11.0. The average Bonchev–Trinajstić information content (AvgIpc) is 2.55. The largest absolute Gasteiger partial charge is 0.478 e. The zero-order valence-corrected chi connectivity index (χ0v) is 9.91. The van der Waals surface area contributed by atoms with Gasteiger partial charge in [0.15, 0.2) is 0 Å². The van der Waals surface area contributed by atoms with E-state index >= 15 is 0 Å². The molecule has 5 heteroatoms. The van der Waals surface area contributed by atoms with E-state index in [1.54, 1.807) is 18.3 Å². The van der Waals surface area contributed by atoms with Crippen LogP contribution >= 0.6 is 12.4 Å². The minimum Gasteiger partial charge on any atom is -0.478 e. The summed E-state index contributed by atoms with van der Waals surface area (Å²) in [6, 6.07) is 3.30. The van der Waals surface area contributed by atoms with Gasteiger partial charge in [-0.1, -0.05) is 6.92 Å². The second-order valence-electron chi connectivity index (χ2n) is 3.45. The number of pyridine rings is 1. The number of carboxylic acids is 1. The highest BCUT2D eigenvalue weighted by Crippen LogP contribution is 2.13. The molecule has 0 atom stereocenters. The summed E-state index contributed by atoms with van der Waals surface area (Å²) in [5.74, 6) is -0.914. The van der Waals surface area contributed by atoms with Crippen molar-refractivity contribution in [1.82, 2.24) is 9.38 Å². The summed E-state index contributed by atoms with van der Waals surface area (Å²) in [6.07, 6.45) is 2.47. The molecule has 4 nitrogen and oxygen atoms in total. The number of hydrogen-bond acceptors (Lipinski definition) is 2. The number of carbonyl (C=O) groups is 1. The molecular weight excluding hydrogens is 228 g/mol. The van der Waals surface area contributed by atoms with Crippen LogP contribution in [0.25, 0.3) is 5.65 Å². The van der Waals surface area contributed by atoms with Crippen molar-refractivity contribution in [2.45, 2.75) is 20.3 Å². The number of halogens is 1. The lowest BCUT2D eigenvalue weighted by atomic mass is 10.2. The fraction of sp³-hybridized carbons (Fsp3) is 0.273. The lowest BCUT2D eigenvalue weighted by Gasteiger charge is -1.98. The molecule has 0 fully saturated rings. The van der Waals surface area contributed by atoms with Gasteiger partial charge in [-0.15, -0.1) is 12.4 Å². The first-order valence-electron chi connectivity index (χ1n) is 4.84. The van der Waals surface area contributed by atoms with E-state index in [1.165, 1.54) is 0 Å². The lowest BCUT2D eigenvalue weighted by molar-refractivity contribution is 0.0696. The first kappa shape index (κ1) is 12.5. The number of hydrogen-bond donors (Lipinski definition) is 1. The zero-order valence-electron chi connectivity index (χ0n) is 9.10. The van der Waals surface area contributed by atoms with Crippen LogP contribution in [0.4, 0.5) is 0 Å². The molecule has 0 saturated carbocycles. The van der Waals surface area contributed by atoms with Crippen LogP contribution in [0.1, 0.15) is 28.7 Å². The van der Waals surface area contributed by atoms with Gasteiger partial charge < -0.3 is 9.51 Å². The fourth-order valence-corrected chi connectivity index (χ4v) is 1.67. The number of imidazole rings is 1. The van der Waals surface area contributed by atoms with Gasteiger partial charge in [-0.25, -0.2) is 9.78 Å². The van der Waals surface area contributed by atoms with Gasteiger partial charge in [0.1, 0.15) is 5.65 Å². The summed E-state index contributed by atoms with van der Waals surface area (Å²) in [5, 5.41) is 8.87. The summed E-state index contributed by atoms with van der Waals surface area (Å²) < 4.78 is 1.82. The molecule has 86 valence electrons. The Morgan fingerprint density at radius 1 is 1.50 bits per heavy atom. The van der Waals surface area contributed by atoms with Gasteiger partial charge >= 0.3 is 5.97 Å². The van der Waals surface area contributed by atoms with Gasteiger partial charge in [0, 0.05) is 11.9 Å². The molecule has 0 radical (unpaired) electrons. The van der Waals surface area contributed by atoms with Crippen LogP contribution in [0.15, 0.2) is 18.3 Å². The SMILES string of the molecule is CCc1nc2ccc(C(=O)O)cn2c1C.Cl. The maximum absolute atomic E-state index is 10.8. The second-order valence-corrected chi connectivity index (χ2v) is 3.45. The maximum atomic E-state index is 10.8. The van der Waals surface area contributed by atoms with E-state index in [0.29, 0.717) is 0 Å². The van der Waals surface area contributed by atoms with Crippen LogP contribution < -0.4 is 0 Å². The predicted octanol–water partition coefficient (Wildman–Crippen LogP) is 2.33. The van der Waals surface area contributed by atoms with E-state index in [9.17, 15) is 4.79 Å². The van der Waals surface area contributed by atoms with E-state index in [2.05, 4.69) is 4.98 Å². The van der Waals surface area contributed by atoms with Crippen molar-refractivity contribution >= 4 is 24.0 Å². The van der Waals surface area contributed by atoms with E-state index in [0.717, 1.165) is 23.5 Å². The van der Waals surface area contributed by atoms with Crippen LogP contribution in [0, 0.1) is 6.92 Å². The molecule has 16 heavy (non-hydrogen) atoms. The summed E-state index contributed by atoms with van der Waals surface area (Å²) in [4.78, 5) is 15.2. The van der Waals surface area contributed by atoms with E-state index in [1.807, 2.05) is 18.2 Å². The standard InChI is InChI=1S/C11H12N2O2.ClH/c1-3-9-7(2)13-6-8(11(14)15)4-5-10(13)12-9;/h4-6H,3H2,1-2H3,(H,14,15);1H. The summed E-state index contributed by atoms with van der Waals surface area (Å²) >= 11 is 0. The Bertz CT molecular complexity index is 534. The van der Waals surface area contributed by atoms with E-state index in [4.69, 9.17) is 5.11 Å². The van der Waals surface area contributed by atoms with Crippen LogP contribution in [-0.2, 0) is 6.42 Å². The molecule has 0 spiro atoms. The van der Waals surface area contributed by atoms with Gasteiger partial charge in [0.05, 0.1) is 11.3 Å². The smallest absolute Gasteiger partial charge is 0.337 e. The summed E-state index contributed by atoms with van der Waals surface area (Å²) in [6.45, 7) is 3.98. The average molecular weight is 241 g/mol. The van der Waals surface area contributed by atoms with Gasteiger partial charge in [0.25, 0.3) is 0 Å². The highest BCUT2D eigenvalue weighted by atomic mass is 35.5. The van der Waals surface area contributed by atoms with Crippen LogP contribution in [-0.4, -0.2) is 20.5 Å². The molecule has 1 N–H and O–H groups in total. The molecular formula is C11H13ClN2O2. The molecule has 0 amide bonds. The molecule has 2 aromatic heterocycles. The Labute approximate surface area is 99.3 Å². The monoisotopic (exact) mass is 240 g/mol. The molecule has 0 aliphatic heterocycles. The first-order chi connectivity index (χ1) is 7.13. The van der Waals surface area contributed by atoms with Gasteiger partial charge in [-0.05, 0) is 25.5 Å². The lowest BCUT2D eigenvalue weighted by Crippen LogP contribution is -1.99. The van der Waals surface area contributed by atoms with Crippen LogP contribution in [0.2, 0.25) is 0 Å². The number of aromatic carboxylic acids is 1. The number of nitrogens with zero attached hydrogens (tertiary/aromatic N) is 2. The Balaban J connectivity index is 0.00000128. The predicted molar refractivity (Wildman–Crippen MR) is 63.5 cm³/mol. The van der Waals surface area contributed by atoms with Crippen molar-refractivity contribution in [2.75, 3.05) is 0 Å². The maximum Gasteiger partial charge on any atom is 0.337 e. The molecule has 0 bridgehead atoms. The molecule has 0 saturated heterocycles. The molecule has 2 rings (SSSR count). The van der Waals surface area contributed by atoms with Crippen molar-refractivity contribution in [3.05, 3.63) is 35.3 Å². The molecule has 2 heterocycles. The highest BCUT2D eigenvalue weighted by molar-refractivity contribution is 5.87. The van der Waals surface area contributed by atoms with Crippen LogP contribution in [0.5, 0.6) is 0 Å². The Hall–Kier alpha value is -1.55. The third-order valence-corrected chi connectivity index (χ3v) is 2.54. The topological polar surface area (TPSA) is 54.6 Å². The van der Waals surface area contributed by atoms with Crippen LogP contribution in [0.3, 0.4) is 0 Å². The minimum absolute atomic E-state index is 0. The van der Waals surface area contributed by atoms with Crippen molar-refractivity contribution < 1.29 is 9.90 Å². The minimum atomic E-state index is -0.914. The summed E-state index contributed by atoms with van der Waals surface area (Å²) in [5.41, 5.74) is 3.10. The Morgan fingerprint density at radius 3 is 2.75 bits per heavy atom. The molecule has 0 unspecified atom stereocenters. The third kappa shape index (κ3) is 1.88. The summed E-state index contributed by atoms with van der Waals surface area (Å²) in [7, 11) is 0. The number of aromatic nitrogens is 2. The number of carboxylic acid groups (broad SMARTS) is 1. The van der Waals surface area contributed by atoms with Crippen molar-refractivity contribution in [3.8, 4) is 0 Å². The normalized spacial score (nSPS) is 10.1. The van der Waals surface area contributed by atoms with Crippen molar-refractivity contribution in [3.63, 3.8) is 0 Å². The number of fused-ring (bicyclic) bond motifs is 1. The molecule has 0 aliphatic rings. The number of rotatable bonds is 2. The van der Waals surface area contributed by atoms with E-state index in [-0.39, 0.29) is 18.0 Å². The molecule has 0 aromatic carbocycles. The Kier molecular flexibility index (Phi) is 3.55. The fourth-order valence-electron chi connectivity index (χ4n) is 1.67. The third-order valence-electron chi connectivity index (χ3n) is 2.54. The van der Waals surface area contributed by atoms with Gasteiger partial charge in [-0.3, -0.25) is 0 Å². The highest BCUT2D eigenvalue weighted by Gasteiger charge is 2.09. The van der Waals surface area contributed by atoms with Gasteiger partial charge in [-0.2, -0.15) is 0 Å². The van der Waals surface area contributed by atoms with Crippen molar-refractivity contribution in [1.29, 1.82) is 0 Å². The Morgan fingerprint density at radius 2 is 2.19 bits per heavy atom. The first-order valence-corrected chi connectivity index (χ1v) is 4.84. The quantitative estimate of drug-likeness (QED) is 0.877. The van der Waals surface area contributed by atoms with Gasteiger partial charge in [0.2, 0.25) is 0 Å². The second kappa shape index (κ2) is 4.53. The van der Waals surface area contributed by atoms with Crippen molar-refractivity contribution in [2.24, 2.45) is 0 Å². The van der Waals surface area contributed by atoms with E-state index < -0.39 is 5.97 Å². The molecule has 0 aliphatic carbocycles.